The van der Waals surface area contributed by atoms with Gasteiger partial charge in [-0.15, -0.1) is 0 Å². The highest BCUT2D eigenvalue weighted by Gasteiger charge is 2.51. The van der Waals surface area contributed by atoms with Gasteiger partial charge in [-0.25, -0.2) is 17.9 Å². The SMILES string of the molecule is COC(=O)COc1cccc2c1OC1CC(O)C(NS(C)(=O)=O)C21. The minimum Gasteiger partial charge on any atom is -0.485 e. The first-order chi connectivity index (χ1) is 11.3. The van der Waals surface area contributed by atoms with Crippen LogP contribution in [0, 0.1) is 0 Å². The largest absolute Gasteiger partial charge is 0.485 e. The van der Waals surface area contributed by atoms with Crippen molar-refractivity contribution >= 4 is 16.0 Å². The Kier molecular flexibility index (Phi) is 4.41. The number of rotatable bonds is 5. The normalized spacial score (nSPS) is 28.0. The first kappa shape index (κ1) is 17.0. The van der Waals surface area contributed by atoms with E-state index in [4.69, 9.17) is 9.47 Å². The van der Waals surface area contributed by atoms with Crippen LogP contribution in [-0.2, 0) is 19.6 Å². The molecule has 0 spiro atoms. The molecule has 0 saturated heterocycles. The molecule has 1 heterocycles. The lowest BCUT2D eigenvalue weighted by molar-refractivity contribution is -0.142. The Morgan fingerprint density at radius 3 is 2.88 bits per heavy atom. The molecule has 3 rings (SSSR count). The van der Waals surface area contributed by atoms with E-state index < -0.39 is 28.1 Å². The van der Waals surface area contributed by atoms with Crippen LogP contribution in [0.15, 0.2) is 18.2 Å². The number of esters is 1. The molecule has 1 aliphatic carbocycles. The lowest BCUT2D eigenvalue weighted by Gasteiger charge is -2.21. The van der Waals surface area contributed by atoms with E-state index in [-0.39, 0.29) is 18.6 Å². The second-order valence-electron chi connectivity index (χ2n) is 5.94. The van der Waals surface area contributed by atoms with Crippen molar-refractivity contribution in [3.05, 3.63) is 23.8 Å². The molecule has 4 atom stereocenters. The molecule has 0 aromatic heterocycles. The van der Waals surface area contributed by atoms with Gasteiger partial charge < -0.3 is 19.3 Å². The summed E-state index contributed by atoms with van der Waals surface area (Å²) in [6, 6.07) is 4.54. The van der Waals surface area contributed by atoms with Crippen molar-refractivity contribution in [2.75, 3.05) is 20.0 Å². The molecule has 9 heteroatoms. The van der Waals surface area contributed by atoms with Gasteiger partial charge in [0, 0.05) is 17.9 Å². The Morgan fingerprint density at radius 2 is 2.21 bits per heavy atom. The highest BCUT2D eigenvalue weighted by molar-refractivity contribution is 7.88. The third-order valence-corrected chi connectivity index (χ3v) is 4.94. The minimum atomic E-state index is -3.47. The summed E-state index contributed by atoms with van der Waals surface area (Å²) < 4.78 is 41.5. The molecule has 1 aromatic carbocycles. The molecular weight excluding hydrogens is 338 g/mol. The third-order valence-electron chi connectivity index (χ3n) is 4.24. The van der Waals surface area contributed by atoms with Gasteiger partial charge in [0.05, 0.1) is 25.5 Å². The number of methoxy groups -OCH3 is 1. The summed E-state index contributed by atoms with van der Waals surface area (Å²) in [5.74, 6) is 0.0349. The van der Waals surface area contributed by atoms with E-state index in [1.54, 1.807) is 18.2 Å². The topological polar surface area (TPSA) is 111 Å². The Labute approximate surface area is 139 Å². The molecule has 1 aromatic rings. The highest BCUT2D eigenvalue weighted by atomic mass is 32.2. The van der Waals surface area contributed by atoms with Crippen molar-refractivity contribution in [1.29, 1.82) is 0 Å². The van der Waals surface area contributed by atoms with Crippen LogP contribution in [0.5, 0.6) is 11.5 Å². The molecular formula is C15H19NO7S. The average molecular weight is 357 g/mol. The number of para-hydroxylation sites is 1. The fourth-order valence-corrected chi connectivity index (χ4v) is 4.10. The van der Waals surface area contributed by atoms with E-state index in [1.807, 2.05) is 0 Å². The summed E-state index contributed by atoms with van der Waals surface area (Å²) in [6.45, 7) is -0.251. The van der Waals surface area contributed by atoms with Crippen LogP contribution in [0.25, 0.3) is 0 Å². The molecule has 4 unspecified atom stereocenters. The molecule has 24 heavy (non-hydrogen) atoms. The Bertz CT molecular complexity index is 748. The average Bonchev–Trinajstić information content (AvgIpc) is 3.00. The standard InChI is InChI=1S/C15H19NO7S/c1-21-12(18)7-22-10-5-3-4-8-13-11(23-15(8)10)6-9(17)14(13)16-24(2,19)20/h3-5,9,11,13-14,16-17H,6-7H2,1-2H3. The van der Waals surface area contributed by atoms with E-state index in [2.05, 4.69) is 9.46 Å². The number of aliphatic hydroxyl groups excluding tert-OH is 1. The molecule has 1 saturated carbocycles. The zero-order valence-electron chi connectivity index (χ0n) is 13.3. The zero-order valence-corrected chi connectivity index (χ0v) is 14.1. The number of sulfonamides is 1. The first-order valence-corrected chi connectivity index (χ1v) is 9.34. The highest BCUT2D eigenvalue weighted by Crippen LogP contribution is 2.50. The van der Waals surface area contributed by atoms with Crippen molar-refractivity contribution in [2.24, 2.45) is 0 Å². The maximum absolute atomic E-state index is 11.6. The van der Waals surface area contributed by atoms with Crippen molar-refractivity contribution in [3.63, 3.8) is 0 Å². The summed E-state index contributed by atoms with van der Waals surface area (Å²) in [7, 11) is -2.21. The number of hydrogen-bond donors (Lipinski definition) is 2. The second-order valence-corrected chi connectivity index (χ2v) is 7.72. The van der Waals surface area contributed by atoms with Gasteiger partial charge >= 0.3 is 5.97 Å². The van der Waals surface area contributed by atoms with Gasteiger partial charge in [0.15, 0.2) is 18.1 Å². The summed E-state index contributed by atoms with van der Waals surface area (Å²) in [5, 5.41) is 10.2. The quantitative estimate of drug-likeness (QED) is 0.700. The fraction of sp³-hybridized carbons (Fsp3) is 0.533. The van der Waals surface area contributed by atoms with Gasteiger partial charge in [-0.2, -0.15) is 0 Å². The molecule has 2 N–H and O–H groups in total. The van der Waals surface area contributed by atoms with E-state index >= 15 is 0 Å². The van der Waals surface area contributed by atoms with E-state index in [9.17, 15) is 18.3 Å². The molecule has 1 aliphatic heterocycles. The van der Waals surface area contributed by atoms with Crippen LogP contribution in [-0.4, -0.2) is 57.7 Å². The molecule has 0 amide bonds. The summed E-state index contributed by atoms with van der Waals surface area (Å²) in [5.41, 5.74) is 0.750. The fourth-order valence-electron chi connectivity index (χ4n) is 3.30. The summed E-state index contributed by atoms with van der Waals surface area (Å²) in [6.07, 6.45) is 0.183. The second kappa shape index (κ2) is 6.23. The number of nitrogens with one attached hydrogen (secondary N) is 1. The minimum absolute atomic E-state index is 0.251. The number of benzene rings is 1. The van der Waals surface area contributed by atoms with E-state index in [0.29, 0.717) is 17.9 Å². The molecule has 1 fully saturated rings. The molecule has 8 nitrogen and oxygen atoms in total. The first-order valence-electron chi connectivity index (χ1n) is 7.44. The molecule has 132 valence electrons. The van der Waals surface area contributed by atoms with E-state index in [1.165, 1.54) is 7.11 Å². The molecule has 0 bridgehead atoms. The van der Waals surface area contributed by atoms with Crippen molar-refractivity contribution in [3.8, 4) is 11.5 Å². The number of carbonyl (C=O) groups excluding carboxylic acids is 1. The summed E-state index contributed by atoms with van der Waals surface area (Å²) in [4.78, 5) is 11.2. The lowest BCUT2D eigenvalue weighted by Crippen LogP contribution is -2.42. The van der Waals surface area contributed by atoms with Gasteiger partial charge in [0.2, 0.25) is 10.0 Å². The molecule has 0 radical (unpaired) electrons. The van der Waals surface area contributed by atoms with Gasteiger partial charge in [0.25, 0.3) is 0 Å². The number of ether oxygens (including phenoxy) is 3. The lowest BCUT2D eigenvalue weighted by atomic mass is 9.94. The zero-order chi connectivity index (χ0) is 17.5. The van der Waals surface area contributed by atoms with Crippen molar-refractivity contribution in [2.45, 2.75) is 30.6 Å². The number of carbonyl (C=O) groups is 1. The molecule has 2 aliphatic rings. The maximum Gasteiger partial charge on any atom is 0.343 e. The number of fused-ring (bicyclic) bond motifs is 3. The Morgan fingerprint density at radius 1 is 1.46 bits per heavy atom. The smallest absolute Gasteiger partial charge is 0.343 e. The van der Waals surface area contributed by atoms with Gasteiger partial charge in [-0.05, 0) is 6.07 Å². The monoisotopic (exact) mass is 357 g/mol. The third kappa shape index (κ3) is 3.19. The number of hydrogen-bond acceptors (Lipinski definition) is 7. The maximum atomic E-state index is 11.6. The predicted octanol–water partition coefficient (Wildman–Crippen LogP) is -0.235. The Balaban J connectivity index is 1.87. The summed E-state index contributed by atoms with van der Waals surface area (Å²) >= 11 is 0. The predicted molar refractivity (Wildman–Crippen MR) is 83.5 cm³/mol. The van der Waals surface area contributed by atoms with Gasteiger partial charge in [-0.1, -0.05) is 12.1 Å². The van der Waals surface area contributed by atoms with Crippen LogP contribution in [0.1, 0.15) is 17.9 Å². The van der Waals surface area contributed by atoms with Gasteiger partial charge in [0.1, 0.15) is 6.10 Å². The number of aliphatic hydroxyl groups is 1. The van der Waals surface area contributed by atoms with Gasteiger partial charge in [-0.3, -0.25) is 0 Å². The van der Waals surface area contributed by atoms with Crippen molar-refractivity contribution in [1.82, 2.24) is 4.72 Å². The van der Waals surface area contributed by atoms with Crippen molar-refractivity contribution < 1.29 is 32.5 Å². The van der Waals surface area contributed by atoms with Crippen LogP contribution in [0.4, 0.5) is 0 Å². The van der Waals surface area contributed by atoms with Crippen LogP contribution in [0.2, 0.25) is 0 Å². The van der Waals surface area contributed by atoms with E-state index in [0.717, 1.165) is 11.8 Å². The van der Waals surface area contributed by atoms with Crippen LogP contribution in [0.3, 0.4) is 0 Å². The van der Waals surface area contributed by atoms with Crippen LogP contribution >= 0.6 is 0 Å². The van der Waals surface area contributed by atoms with Crippen LogP contribution < -0.4 is 14.2 Å². The Hall–Kier alpha value is -1.84.